The molecule has 1 atom stereocenters. The molecule has 0 bridgehead atoms. The fourth-order valence-corrected chi connectivity index (χ4v) is 2.54. The van der Waals surface area contributed by atoms with Crippen LogP contribution < -0.4 is 0 Å². The zero-order valence-electron chi connectivity index (χ0n) is 10.7. The zero-order valence-corrected chi connectivity index (χ0v) is 10.7. The Morgan fingerprint density at radius 2 is 2.28 bits per heavy atom. The maximum Gasteiger partial charge on any atom is 0.272 e. The van der Waals surface area contributed by atoms with Crippen molar-refractivity contribution >= 4 is 5.91 Å². The third kappa shape index (κ3) is 2.86. The summed E-state index contributed by atoms with van der Waals surface area (Å²) in [5.74, 6) is -0.730. The second kappa shape index (κ2) is 5.94. The van der Waals surface area contributed by atoms with Crippen LogP contribution in [0.5, 0.6) is 0 Å². The number of amides is 1. The number of rotatable bonds is 2. The van der Waals surface area contributed by atoms with Gasteiger partial charge in [-0.05, 0) is 31.4 Å². The first kappa shape index (κ1) is 13.0. The second-order valence-corrected chi connectivity index (χ2v) is 4.76. The Labute approximate surface area is 107 Å². The van der Waals surface area contributed by atoms with Crippen LogP contribution in [0.1, 0.15) is 49.5 Å². The van der Waals surface area contributed by atoms with Gasteiger partial charge in [0.25, 0.3) is 5.91 Å². The van der Waals surface area contributed by atoms with Crippen LogP contribution in [0.4, 0.5) is 4.39 Å². The van der Waals surface area contributed by atoms with Crippen LogP contribution in [-0.4, -0.2) is 28.4 Å². The topological polar surface area (TPSA) is 33.2 Å². The third-order valence-electron chi connectivity index (χ3n) is 3.54. The van der Waals surface area contributed by atoms with Crippen LogP contribution in [0.2, 0.25) is 0 Å². The summed E-state index contributed by atoms with van der Waals surface area (Å²) < 4.78 is 13.1. The summed E-state index contributed by atoms with van der Waals surface area (Å²) in [6, 6.07) is 4.65. The molecule has 0 saturated carbocycles. The molecule has 1 aromatic rings. The molecule has 1 amide bonds. The molecule has 1 aromatic heterocycles. The maximum atomic E-state index is 13.1. The van der Waals surface area contributed by atoms with Crippen molar-refractivity contribution in [1.82, 2.24) is 9.88 Å². The Bertz CT molecular complexity index is 422. The highest BCUT2D eigenvalue weighted by Crippen LogP contribution is 2.20. The summed E-state index contributed by atoms with van der Waals surface area (Å²) in [5.41, 5.74) is 0.218. The van der Waals surface area contributed by atoms with E-state index in [1.807, 2.05) is 4.90 Å². The van der Waals surface area contributed by atoms with Gasteiger partial charge in [0.2, 0.25) is 5.95 Å². The Balaban J connectivity index is 2.19. The monoisotopic (exact) mass is 250 g/mol. The summed E-state index contributed by atoms with van der Waals surface area (Å²) in [7, 11) is 0. The molecule has 3 nitrogen and oxygen atoms in total. The molecule has 0 N–H and O–H groups in total. The van der Waals surface area contributed by atoms with Gasteiger partial charge >= 0.3 is 0 Å². The minimum atomic E-state index is -0.594. The number of aromatic nitrogens is 1. The maximum absolute atomic E-state index is 13.1. The van der Waals surface area contributed by atoms with Gasteiger partial charge in [0, 0.05) is 12.6 Å². The van der Waals surface area contributed by atoms with E-state index in [1.54, 1.807) is 6.07 Å². The molecule has 4 heteroatoms. The number of nitrogens with zero attached hydrogens (tertiary/aromatic N) is 2. The molecule has 18 heavy (non-hydrogen) atoms. The van der Waals surface area contributed by atoms with Gasteiger partial charge in [-0.25, -0.2) is 4.98 Å². The van der Waals surface area contributed by atoms with Crippen molar-refractivity contribution in [2.75, 3.05) is 6.54 Å². The van der Waals surface area contributed by atoms with E-state index in [9.17, 15) is 9.18 Å². The molecule has 2 rings (SSSR count). The summed E-state index contributed by atoms with van der Waals surface area (Å²) in [4.78, 5) is 17.9. The minimum Gasteiger partial charge on any atom is -0.334 e. The van der Waals surface area contributed by atoms with Gasteiger partial charge in [-0.2, -0.15) is 4.39 Å². The molecule has 0 aliphatic carbocycles. The predicted molar refractivity (Wildman–Crippen MR) is 67.8 cm³/mol. The molecule has 1 unspecified atom stereocenters. The SMILES string of the molecule is CCC1CCCCCN1C(=O)c1cccc(F)n1. The number of likely N-dealkylation sites (tertiary alicyclic amines) is 1. The van der Waals surface area contributed by atoms with Gasteiger partial charge < -0.3 is 4.90 Å². The molecule has 0 radical (unpaired) electrons. The quantitative estimate of drug-likeness (QED) is 0.756. The van der Waals surface area contributed by atoms with E-state index in [0.29, 0.717) is 0 Å². The van der Waals surface area contributed by atoms with E-state index in [1.165, 1.54) is 18.6 Å². The standard InChI is InChI=1S/C14H19FN2O/c1-2-11-7-4-3-5-10-17(11)14(18)12-8-6-9-13(15)16-12/h6,8-9,11H,2-5,7,10H2,1H3. The van der Waals surface area contributed by atoms with Crippen molar-refractivity contribution in [1.29, 1.82) is 0 Å². The molecule has 0 aromatic carbocycles. The fraction of sp³-hybridized carbons (Fsp3) is 0.571. The van der Waals surface area contributed by atoms with Crippen LogP contribution in [-0.2, 0) is 0 Å². The average molecular weight is 250 g/mol. The highest BCUT2D eigenvalue weighted by molar-refractivity contribution is 5.92. The highest BCUT2D eigenvalue weighted by atomic mass is 19.1. The Kier molecular flexibility index (Phi) is 4.28. The summed E-state index contributed by atoms with van der Waals surface area (Å²) in [6.07, 6.45) is 5.34. The van der Waals surface area contributed by atoms with Crippen molar-refractivity contribution < 1.29 is 9.18 Å². The van der Waals surface area contributed by atoms with Gasteiger partial charge in [0.1, 0.15) is 5.69 Å². The largest absolute Gasteiger partial charge is 0.334 e. The van der Waals surface area contributed by atoms with Gasteiger partial charge in [0.15, 0.2) is 0 Å². The first-order valence-electron chi connectivity index (χ1n) is 6.66. The molecule has 2 heterocycles. The smallest absolute Gasteiger partial charge is 0.272 e. The first-order valence-corrected chi connectivity index (χ1v) is 6.66. The van der Waals surface area contributed by atoms with E-state index in [2.05, 4.69) is 11.9 Å². The lowest BCUT2D eigenvalue weighted by Crippen LogP contribution is -2.40. The second-order valence-electron chi connectivity index (χ2n) is 4.76. The molecule has 98 valence electrons. The molecular formula is C14H19FN2O. The molecule has 1 saturated heterocycles. The lowest BCUT2D eigenvalue weighted by molar-refractivity contribution is 0.0671. The molecule has 0 spiro atoms. The molecule has 1 fully saturated rings. The van der Waals surface area contributed by atoms with Crippen LogP contribution in [0.15, 0.2) is 18.2 Å². The van der Waals surface area contributed by atoms with Crippen LogP contribution in [0.25, 0.3) is 0 Å². The summed E-state index contributed by atoms with van der Waals surface area (Å²) in [5, 5.41) is 0. The van der Waals surface area contributed by atoms with Gasteiger partial charge in [-0.3, -0.25) is 4.79 Å². The Morgan fingerprint density at radius 1 is 1.44 bits per heavy atom. The third-order valence-corrected chi connectivity index (χ3v) is 3.54. The van der Waals surface area contributed by atoms with Crippen molar-refractivity contribution in [2.24, 2.45) is 0 Å². The zero-order chi connectivity index (χ0) is 13.0. The number of hydrogen-bond acceptors (Lipinski definition) is 2. The van der Waals surface area contributed by atoms with Crippen LogP contribution in [0, 0.1) is 5.95 Å². The number of carbonyl (C=O) groups is 1. The summed E-state index contributed by atoms with van der Waals surface area (Å²) >= 11 is 0. The van der Waals surface area contributed by atoms with E-state index < -0.39 is 5.95 Å². The lowest BCUT2D eigenvalue weighted by atomic mass is 10.1. The van der Waals surface area contributed by atoms with Gasteiger partial charge in [-0.15, -0.1) is 0 Å². The van der Waals surface area contributed by atoms with E-state index in [4.69, 9.17) is 0 Å². The Hall–Kier alpha value is -1.45. The first-order chi connectivity index (χ1) is 8.72. The number of carbonyl (C=O) groups excluding carboxylic acids is 1. The fourth-order valence-electron chi connectivity index (χ4n) is 2.54. The van der Waals surface area contributed by atoms with Crippen molar-refractivity contribution in [3.63, 3.8) is 0 Å². The van der Waals surface area contributed by atoms with E-state index in [-0.39, 0.29) is 17.6 Å². The van der Waals surface area contributed by atoms with Gasteiger partial charge in [-0.1, -0.05) is 25.8 Å². The van der Waals surface area contributed by atoms with Crippen LogP contribution >= 0.6 is 0 Å². The lowest BCUT2D eigenvalue weighted by Gasteiger charge is -2.29. The van der Waals surface area contributed by atoms with Crippen LogP contribution in [0.3, 0.4) is 0 Å². The van der Waals surface area contributed by atoms with Crippen molar-refractivity contribution in [3.8, 4) is 0 Å². The van der Waals surface area contributed by atoms with Gasteiger partial charge in [0.05, 0.1) is 0 Å². The number of pyridine rings is 1. The van der Waals surface area contributed by atoms with E-state index >= 15 is 0 Å². The molecule has 1 aliphatic rings. The molecule has 1 aliphatic heterocycles. The normalized spacial score (nSPS) is 20.6. The molecular weight excluding hydrogens is 231 g/mol. The van der Waals surface area contributed by atoms with E-state index in [0.717, 1.165) is 32.2 Å². The van der Waals surface area contributed by atoms with Crippen molar-refractivity contribution in [3.05, 3.63) is 29.8 Å². The minimum absolute atomic E-state index is 0.136. The average Bonchev–Trinajstić information content (AvgIpc) is 2.62. The number of halogens is 1. The Morgan fingerprint density at radius 3 is 3.00 bits per heavy atom. The predicted octanol–water partition coefficient (Wildman–Crippen LogP) is 3.02. The highest BCUT2D eigenvalue weighted by Gasteiger charge is 2.25. The van der Waals surface area contributed by atoms with Crippen molar-refractivity contribution in [2.45, 2.75) is 45.1 Å². The summed E-state index contributed by atoms with van der Waals surface area (Å²) in [6.45, 7) is 2.85. The number of hydrogen-bond donors (Lipinski definition) is 0.